The molecule has 0 spiro atoms. The number of hydrogen-bond donors (Lipinski definition) is 1. The van der Waals surface area contributed by atoms with Gasteiger partial charge in [0.15, 0.2) is 0 Å². The van der Waals surface area contributed by atoms with E-state index in [-0.39, 0.29) is 11.6 Å². The van der Waals surface area contributed by atoms with Crippen molar-refractivity contribution < 1.29 is 9.53 Å². The number of carbonyl (C=O) groups excluding carboxylic acids is 1. The lowest BCUT2D eigenvalue weighted by molar-refractivity contribution is 0.0988. The number of halogens is 1. The van der Waals surface area contributed by atoms with Crippen molar-refractivity contribution in [2.45, 2.75) is 38.3 Å². The Balaban J connectivity index is 2.26. The van der Waals surface area contributed by atoms with Gasteiger partial charge in [-0.1, -0.05) is 30.7 Å². The van der Waals surface area contributed by atoms with Gasteiger partial charge >= 0.3 is 6.09 Å². The number of rotatable bonds is 4. The average Bonchev–Trinajstić information content (AvgIpc) is 3.28. The molecule has 22 heavy (non-hydrogen) atoms. The number of fused-ring (bicyclic) bond motifs is 1. The summed E-state index contributed by atoms with van der Waals surface area (Å²) in [6.45, 7) is 1.89. The van der Waals surface area contributed by atoms with Crippen LogP contribution in [0, 0.1) is 0 Å². The van der Waals surface area contributed by atoms with Crippen molar-refractivity contribution in [3.05, 3.63) is 45.3 Å². The zero-order valence-corrected chi connectivity index (χ0v) is 13.0. The first kappa shape index (κ1) is 14.9. The second-order valence-corrected chi connectivity index (χ2v) is 5.92. The molecule has 1 aliphatic rings. The Kier molecular flexibility index (Phi) is 3.83. The van der Waals surface area contributed by atoms with E-state index >= 15 is 0 Å². The van der Waals surface area contributed by atoms with Crippen molar-refractivity contribution in [1.82, 2.24) is 4.57 Å². The highest BCUT2D eigenvalue weighted by atomic mass is 35.5. The molecular formula is C16H17ClN2O3. The van der Waals surface area contributed by atoms with Crippen LogP contribution in [0.3, 0.4) is 0 Å². The first-order chi connectivity index (χ1) is 10.5. The maximum Gasteiger partial charge on any atom is 0.405 e. The van der Waals surface area contributed by atoms with Gasteiger partial charge in [0.1, 0.15) is 6.10 Å². The molecular weight excluding hydrogens is 304 g/mol. The number of ether oxygens (including phenoxy) is 1. The molecule has 1 atom stereocenters. The van der Waals surface area contributed by atoms with E-state index in [9.17, 15) is 9.59 Å². The number of primary amides is 1. The lowest BCUT2D eigenvalue weighted by Gasteiger charge is -2.21. The van der Waals surface area contributed by atoms with E-state index in [0.717, 1.165) is 18.2 Å². The highest BCUT2D eigenvalue weighted by Crippen LogP contribution is 2.38. The second-order valence-electron chi connectivity index (χ2n) is 5.51. The Labute approximate surface area is 132 Å². The maximum atomic E-state index is 12.9. The highest BCUT2D eigenvalue weighted by Gasteiger charge is 2.31. The Morgan fingerprint density at radius 2 is 2.23 bits per heavy atom. The first-order valence-electron chi connectivity index (χ1n) is 7.32. The molecule has 2 N–H and O–H groups in total. The second kappa shape index (κ2) is 5.65. The van der Waals surface area contributed by atoms with Crippen molar-refractivity contribution >= 4 is 28.5 Å². The Hall–Kier alpha value is -2.01. The van der Waals surface area contributed by atoms with E-state index in [0.29, 0.717) is 22.5 Å². The monoisotopic (exact) mass is 320 g/mol. The molecule has 116 valence electrons. The third kappa shape index (κ3) is 2.57. The summed E-state index contributed by atoms with van der Waals surface area (Å²) in [5, 5.41) is 1.69. The van der Waals surface area contributed by atoms with E-state index < -0.39 is 12.2 Å². The quantitative estimate of drug-likeness (QED) is 0.936. The van der Waals surface area contributed by atoms with Gasteiger partial charge in [0.2, 0.25) is 0 Å². The van der Waals surface area contributed by atoms with Gasteiger partial charge < -0.3 is 15.0 Å². The van der Waals surface area contributed by atoms with Crippen LogP contribution in [0.25, 0.3) is 10.8 Å². The molecule has 0 radical (unpaired) electrons. The minimum Gasteiger partial charge on any atom is -0.440 e. The van der Waals surface area contributed by atoms with Gasteiger partial charge in [-0.2, -0.15) is 0 Å². The largest absolute Gasteiger partial charge is 0.440 e. The standard InChI is InChI=1S/C16H17ClN2O3/c1-2-13(22-16(18)21)12-8-9-4-3-5-11(17)14(9)15(20)19(12)10-6-7-10/h3-5,8,10,13H,2,6-7H2,1H3,(H2,18,21)/t13-/m0/s1. The zero-order chi connectivity index (χ0) is 15.9. The van der Waals surface area contributed by atoms with Crippen LogP contribution in [0.15, 0.2) is 29.1 Å². The molecule has 1 heterocycles. The molecule has 6 heteroatoms. The van der Waals surface area contributed by atoms with Crippen molar-refractivity contribution in [3.8, 4) is 0 Å². The molecule has 1 saturated carbocycles. The summed E-state index contributed by atoms with van der Waals surface area (Å²) in [5.74, 6) is 0. The Morgan fingerprint density at radius 1 is 1.50 bits per heavy atom. The minimum atomic E-state index is -0.840. The van der Waals surface area contributed by atoms with Crippen LogP contribution in [0.5, 0.6) is 0 Å². The minimum absolute atomic E-state index is 0.132. The molecule has 0 saturated heterocycles. The fourth-order valence-electron chi connectivity index (χ4n) is 2.80. The normalized spacial score (nSPS) is 15.7. The number of benzene rings is 1. The van der Waals surface area contributed by atoms with Gasteiger partial charge in [-0.3, -0.25) is 4.79 Å². The summed E-state index contributed by atoms with van der Waals surface area (Å²) in [7, 11) is 0. The molecule has 1 amide bonds. The predicted octanol–water partition coefficient (Wildman–Crippen LogP) is 3.54. The number of amides is 1. The number of pyridine rings is 1. The topological polar surface area (TPSA) is 74.3 Å². The molecule has 0 aliphatic heterocycles. The van der Waals surface area contributed by atoms with Crippen molar-refractivity contribution in [2.75, 3.05) is 0 Å². The molecule has 1 aliphatic carbocycles. The summed E-state index contributed by atoms with van der Waals surface area (Å²) in [6, 6.07) is 7.36. The smallest absolute Gasteiger partial charge is 0.405 e. The van der Waals surface area contributed by atoms with E-state index in [1.807, 2.05) is 19.1 Å². The van der Waals surface area contributed by atoms with Gasteiger partial charge in [0, 0.05) is 6.04 Å². The number of nitrogens with zero attached hydrogens (tertiary/aromatic N) is 1. The Morgan fingerprint density at radius 3 is 2.82 bits per heavy atom. The van der Waals surface area contributed by atoms with Crippen LogP contribution in [0.1, 0.15) is 44.0 Å². The third-order valence-corrected chi connectivity index (χ3v) is 4.25. The SMILES string of the molecule is CC[C@H](OC(N)=O)c1cc2cccc(Cl)c2c(=O)n1C1CC1. The molecule has 0 unspecified atom stereocenters. The van der Waals surface area contributed by atoms with E-state index in [2.05, 4.69) is 0 Å². The summed E-state index contributed by atoms with van der Waals surface area (Å²) >= 11 is 6.19. The van der Waals surface area contributed by atoms with Crippen LogP contribution in [-0.2, 0) is 4.74 Å². The lowest BCUT2D eigenvalue weighted by atomic mass is 10.1. The summed E-state index contributed by atoms with van der Waals surface area (Å²) in [4.78, 5) is 24.0. The van der Waals surface area contributed by atoms with Crippen molar-refractivity contribution in [2.24, 2.45) is 5.73 Å². The zero-order valence-electron chi connectivity index (χ0n) is 12.2. The van der Waals surface area contributed by atoms with E-state index in [4.69, 9.17) is 22.1 Å². The van der Waals surface area contributed by atoms with Crippen molar-refractivity contribution in [1.29, 1.82) is 0 Å². The fraction of sp³-hybridized carbons (Fsp3) is 0.375. The molecule has 0 bridgehead atoms. The summed E-state index contributed by atoms with van der Waals surface area (Å²) in [6.07, 6.45) is 1.05. The predicted molar refractivity (Wildman–Crippen MR) is 85.2 cm³/mol. The van der Waals surface area contributed by atoms with Gasteiger partial charge in [-0.15, -0.1) is 0 Å². The van der Waals surface area contributed by atoms with Crippen LogP contribution >= 0.6 is 11.6 Å². The molecule has 5 nitrogen and oxygen atoms in total. The Bertz CT molecular complexity index is 796. The van der Waals surface area contributed by atoms with Crippen LogP contribution < -0.4 is 11.3 Å². The van der Waals surface area contributed by atoms with Gasteiger partial charge in [0.25, 0.3) is 5.56 Å². The summed E-state index contributed by atoms with van der Waals surface area (Å²) in [5.41, 5.74) is 5.70. The molecule has 1 aromatic heterocycles. The average molecular weight is 321 g/mol. The fourth-order valence-corrected chi connectivity index (χ4v) is 3.07. The first-order valence-corrected chi connectivity index (χ1v) is 7.70. The number of aromatic nitrogens is 1. The van der Waals surface area contributed by atoms with E-state index in [1.165, 1.54) is 0 Å². The van der Waals surface area contributed by atoms with Gasteiger partial charge in [0.05, 0.1) is 16.1 Å². The number of hydrogen-bond acceptors (Lipinski definition) is 3. The highest BCUT2D eigenvalue weighted by molar-refractivity contribution is 6.35. The molecule has 1 fully saturated rings. The molecule has 1 aromatic carbocycles. The van der Waals surface area contributed by atoms with Crippen molar-refractivity contribution in [3.63, 3.8) is 0 Å². The lowest BCUT2D eigenvalue weighted by Crippen LogP contribution is -2.27. The van der Waals surface area contributed by atoms with E-state index in [1.54, 1.807) is 16.7 Å². The molecule has 3 rings (SSSR count). The third-order valence-electron chi connectivity index (χ3n) is 3.93. The maximum absolute atomic E-state index is 12.9. The summed E-state index contributed by atoms with van der Waals surface area (Å²) < 4.78 is 6.90. The number of nitrogens with two attached hydrogens (primary N) is 1. The van der Waals surface area contributed by atoms with Crippen LogP contribution in [0.2, 0.25) is 5.02 Å². The van der Waals surface area contributed by atoms with Crippen LogP contribution in [-0.4, -0.2) is 10.7 Å². The molecule has 2 aromatic rings. The van der Waals surface area contributed by atoms with Crippen LogP contribution in [0.4, 0.5) is 4.79 Å². The van der Waals surface area contributed by atoms with Gasteiger partial charge in [-0.05, 0) is 36.8 Å². The number of carbonyl (C=O) groups is 1. The van der Waals surface area contributed by atoms with Gasteiger partial charge in [-0.25, -0.2) is 4.79 Å².